The monoisotopic (exact) mass is 430 g/mol. The van der Waals surface area contributed by atoms with E-state index in [0.29, 0.717) is 17.9 Å². The molecule has 4 aliphatic rings. The van der Waals surface area contributed by atoms with Crippen LogP contribution in [0.4, 0.5) is 0 Å². The molecule has 4 rings (SSSR count). The predicted octanol–water partition coefficient (Wildman–Crippen LogP) is 7.00. The van der Waals surface area contributed by atoms with Crippen molar-refractivity contribution in [2.24, 2.45) is 52.3 Å². The molecular formula is C29H50O2. The van der Waals surface area contributed by atoms with Gasteiger partial charge in [-0.2, -0.15) is 0 Å². The largest absolute Gasteiger partial charge is 0.395 e. The van der Waals surface area contributed by atoms with E-state index in [4.69, 9.17) is 0 Å². The molecule has 9 atom stereocenters. The Bertz CT molecular complexity index is 653. The molecule has 3 fully saturated rings. The van der Waals surface area contributed by atoms with Gasteiger partial charge in [0.25, 0.3) is 0 Å². The van der Waals surface area contributed by atoms with Gasteiger partial charge in [0.1, 0.15) is 0 Å². The molecular weight excluding hydrogens is 380 g/mol. The van der Waals surface area contributed by atoms with Crippen LogP contribution < -0.4 is 0 Å². The van der Waals surface area contributed by atoms with E-state index < -0.39 is 0 Å². The average molecular weight is 431 g/mol. The van der Waals surface area contributed by atoms with E-state index in [2.05, 4.69) is 40.7 Å². The van der Waals surface area contributed by atoms with Crippen molar-refractivity contribution in [3.8, 4) is 0 Å². The molecule has 0 heterocycles. The Hall–Kier alpha value is -0.340. The van der Waals surface area contributed by atoms with E-state index in [-0.39, 0.29) is 11.5 Å². The molecule has 4 aliphatic carbocycles. The number of allylic oxidation sites excluding steroid dienone is 1. The minimum absolute atomic E-state index is 0.0151. The molecule has 0 aromatic carbocycles. The van der Waals surface area contributed by atoms with Gasteiger partial charge in [0.15, 0.2) is 0 Å². The third-order valence-electron chi connectivity index (χ3n) is 11.3. The van der Waals surface area contributed by atoms with Gasteiger partial charge in [-0.15, -0.1) is 0 Å². The fourth-order valence-electron chi connectivity index (χ4n) is 9.39. The molecule has 3 saturated carbocycles. The third-order valence-corrected chi connectivity index (χ3v) is 11.3. The first kappa shape index (κ1) is 23.8. The van der Waals surface area contributed by atoms with Crippen molar-refractivity contribution < 1.29 is 10.2 Å². The summed E-state index contributed by atoms with van der Waals surface area (Å²) in [5, 5.41) is 20.9. The summed E-state index contributed by atoms with van der Waals surface area (Å²) < 4.78 is 0. The van der Waals surface area contributed by atoms with Crippen LogP contribution in [0, 0.1) is 52.3 Å². The molecule has 0 aliphatic heterocycles. The summed E-state index contributed by atoms with van der Waals surface area (Å²) in [6.45, 7) is 12.7. The second-order valence-corrected chi connectivity index (χ2v) is 12.7. The number of hydrogen-bond acceptors (Lipinski definition) is 2. The maximum absolute atomic E-state index is 10.6. The van der Waals surface area contributed by atoms with Crippen LogP contribution in [0.15, 0.2) is 11.6 Å². The Kier molecular flexibility index (Phi) is 7.01. The van der Waals surface area contributed by atoms with Gasteiger partial charge in [0.2, 0.25) is 0 Å². The van der Waals surface area contributed by atoms with E-state index in [1.165, 1.54) is 56.9 Å². The first-order valence-corrected chi connectivity index (χ1v) is 13.7. The molecule has 31 heavy (non-hydrogen) atoms. The second-order valence-electron chi connectivity index (χ2n) is 12.7. The van der Waals surface area contributed by atoms with Gasteiger partial charge in [0.05, 0.1) is 12.7 Å². The van der Waals surface area contributed by atoms with E-state index in [1.54, 1.807) is 0 Å². The zero-order chi connectivity index (χ0) is 22.4. The van der Waals surface area contributed by atoms with Gasteiger partial charge in [-0.3, -0.25) is 0 Å². The molecule has 0 saturated heterocycles. The number of fused-ring (bicyclic) bond motifs is 5. The summed E-state index contributed by atoms with van der Waals surface area (Å²) in [4.78, 5) is 0. The summed E-state index contributed by atoms with van der Waals surface area (Å²) in [6.07, 6.45) is 15.7. The molecule has 0 bridgehead atoms. The summed E-state index contributed by atoms with van der Waals surface area (Å²) >= 11 is 0. The molecule has 0 amide bonds. The highest BCUT2D eigenvalue weighted by molar-refractivity contribution is 5.26. The Labute approximate surface area is 192 Å². The highest BCUT2D eigenvalue weighted by Crippen LogP contribution is 2.67. The van der Waals surface area contributed by atoms with Crippen molar-refractivity contribution in [2.75, 3.05) is 6.61 Å². The van der Waals surface area contributed by atoms with Crippen molar-refractivity contribution in [3.63, 3.8) is 0 Å². The normalized spacial score (nSPS) is 44.3. The van der Waals surface area contributed by atoms with Crippen LogP contribution in [0.25, 0.3) is 0 Å². The number of hydrogen-bond donors (Lipinski definition) is 2. The van der Waals surface area contributed by atoms with Crippen LogP contribution in [-0.2, 0) is 0 Å². The summed E-state index contributed by atoms with van der Waals surface area (Å²) in [6, 6.07) is 0. The standard InChI is InChI=1S/C29H50O2/c1-6-21(19(2)3)8-7-20(4)25-11-12-26-24-10-9-22-17-23(31)13-16-29(22,18-30)27(24)14-15-28(25,26)5/h9,19-21,23-27,30-31H,6-8,10-18H2,1-5H3/t20-,21+,23+,24-,25+,26+,27-,28-,29-/m1/s1. The Morgan fingerprint density at radius 1 is 1.03 bits per heavy atom. The van der Waals surface area contributed by atoms with Crippen molar-refractivity contribution in [2.45, 2.75) is 111 Å². The highest BCUT2D eigenvalue weighted by atomic mass is 16.3. The van der Waals surface area contributed by atoms with Crippen molar-refractivity contribution in [1.29, 1.82) is 0 Å². The predicted molar refractivity (Wildman–Crippen MR) is 130 cm³/mol. The van der Waals surface area contributed by atoms with Crippen LogP contribution in [0.2, 0.25) is 0 Å². The third kappa shape index (κ3) is 3.96. The SMILES string of the molecule is CC[C@@H](CC[C@@H](C)[C@@H]1CC[C@H]2[C@H]3CC=C4C[C@@H](O)CC[C@]4(CO)[C@@H]3CC[C@@]21C)C(C)C. The van der Waals surface area contributed by atoms with E-state index in [0.717, 1.165) is 54.8 Å². The van der Waals surface area contributed by atoms with Gasteiger partial charge in [-0.25, -0.2) is 0 Å². The second kappa shape index (κ2) is 9.13. The lowest BCUT2D eigenvalue weighted by Gasteiger charge is -2.59. The smallest absolute Gasteiger partial charge is 0.0577 e. The lowest BCUT2D eigenvalue weighted by molar-refractivity contribution is -0.0797. The minimum atomic E-state index is -0.189. The van der Waals surface area contributed by atoms with Gasteiger partial charge < -0.3 is 10.2 Å². The molecule has 0 aromatic heterocycles. The number of aliphatic hydroxyl groups excluding tert-OH is 2. The zero-order valence-electron chi connectivity index (χ0n) is 21.1. The van der Waals surface area contributed by atoms with Gasteiger partial charge in [-0.05, 0) is 105 Å². The number of aliphatic hydroxyl groups is 2. The molecule has 2 heteroatoms. The van der Waals surface area contributed by atoms with Crippen LogP contribution in [0.5, 0.6) is 0 Å². The lowest BCUT2D eigenvalue weighted by atomic mass is 9.46. The van der Waals surface area contributed by atoms with Crippen LogP contribution in [0.1, 0.15) is 105 Å². The van der Waals surface area contributed by atoms with Gasteiger partial charge in [-0.1, -0.05) is 59.1 Å². The number of rotatable bonds is 7. The lowest BCUT2D eigenvalue weighted by Crippen LogP contribution is -2.53. The van der Waals surface area contributed by atoms with Gasteiger partial charge in [0, 0.05) is 5.41 Å². The van der Waals surface area contributed by atoms with Crippen LogP contribution >= 0.6 is 0 Å². The Morgan fingerprint density at radius 3 is 2.48 bits per heavy atom. The summed E-state index contributed by atoms with van der Waals surface area (Å²) in [5.41, 5.74) is 1.88. The van der Waals surface area contributed by atoms with Crippen LogP contribution in [0.3, 0.4) is 0 Å². The Morgan fingerprint density at radius 2 is 1.81 bits per heavy atom. The van der Waals surface area contributed by atoms with E-state index >= 15 is 0 Å². The highest BCUT2D eigenvalue weighted by Gasteiger charge is 2.60. The summed E-state index contributed by atoms with van der Waals surface area (Å²) in [7, 11) is 0. The van der Waals surface area contributed by atoms with Crippen molar-refractivity contribution >= 4 is 0 Å². The topological polar surface area (TPSA) is 40.5 Å². The van der Waals surface area contributed by atoms with E-state index in [1.807, 2.05) is 0 Å². The molecule has 0 spiro atoms. The fourth-order valence-corrected chi connectivity index (χ4v) is 9.39. The quantitative estimate of drug-likeness (QED) is 0.427. The molecule has 2 N–H and O–H groups in total. The Balaban J connectivity index is 1.50. The maximum atomic E-state index is 10.6. The first-order chi connectivity index (χ1) is 14.8. The van der Waals surface area contributed by atoms with Crippen molar-refractivity contribution in [3.05, 3.63) is 11.6 Å². The molecule has 178 valence electrons. The van der Waals surface area contributed by atoms with E-state index in [9.17, 15) is 10.2 Å². The molecule has 2 nitrogen and oxygen atoms in total. The molecule has 0 radical (unpaired) electrons. The van der Waals surface area contributed by atoms with Crippen LogP contribution in [-0.4, -0.2) is 22.9 Å². The minimum Gasteiger partial charge on any atom is -0.395 e. The first-order valence-electron chi connectivity index (χ1n) is 13.7. The van der Waals surface area contributed by atoms with Crippen molar-refractivity contribution in [1.82, 2.24) is 0 Å². The van der Waals surface area contributed by atoms with Gasteiger partial charge >= 0.3 is 0 Å². The zero-order valence-corrected chi connectivity index (χ0v) is 21.1. The molecule has 0 unspecified atom stereocenters. The fraction of sp³-hybridized carbons (Fsp3) is 0.931. The summed E-state index contributed by atoms with van der Waals surface area (Å²) in [5.74, 6) is 5.64. The maximum Gasteiger partial charge on any atom is 0.0577 e. The molecule has 0 aromatic rings. The average Bonchev–Trinajstić information content (AvgIpc) is 3.10.